The summed E-state index contributed by atoms with van der Waals surface area (Å²) < 4.78 is 29.4. The smallest absolute Gasteiger partial charge is 0.149 e. The van der Waals surface area contributed by atoms with Gasteiger partial charge in [-0.25, -0.2) is 4.39 Å². The van der Waals surface area contributed by atoms with Crippen LogP contribution < -0.4 is 0 Å². The minimum atomic E-state index is -1.30. The average molecular weight is 225 g/mol. The highest BCUT2D eigenvalue weighted by Crippen LogP contribution is 2.12. The van der Waals surface area contributed by atoms with Crippen molar-refractivity contribution >= 4 is 10.8 Å². The van der Waals surface area contributed by atoms with Gasteiger partial charge < -0.3 is 4.52 Å². The molecule has 0 aliphatic heterocycles. The molecule has 5 heteroatoms. The Labute approximate surface area is 88.4 Å². The molecule has 0 radical (unpaired) electrons. The van der Waals surface area contributed by atoms with Gasteiger partial charge in [-0.1, -0.05) is 11.2 Å². The van der Waals surface area contributed by atoms with Crippen molar-refractivity contribution in [2.24, 2.45) is 0 Å². The number of halogens is 1. The molecule has 1 aromatic heterocycles. The van der Waals surface area contributed by atoms with Gasteiger partial charge in [0.1, 0.15) is 11.6 Å². The lowest BCUT2D eigenvalue weighted by molar-refractivity contribution is 0.394. The first kappa shape index (κ1) is 10.0. The van der Waals surface area contributed by atoms with Gasteiger partial charge in [0.05, 0.1) is 22.7 Å². The van der Waals surface area contributed by atoms with E-state index in [0.717, 1.165) is 0 Å². The van der Waals surface area contributed by atoms with Gasteiger partial charge in [-0.05, 0) is 18.2 Å². The van der Waals surface area contributed by atoms with E-state index in [1.165, 1.54) is 24.4 Å². The zero-order valence-electron chi connectivity index (χ0n) is 7.72. The summed E-state index contributed by atoms with van der Waals surface area (Å²) in [4.78, 5) is 0.450. The van der Waals surface area contributed by atoms with Crippen molar-refractivity contribution in [2.75, 3.05) is 0 Å². The van der Waals surface area contributed by atoms with Crippen LogP contribution in [0.2, 0.25) is 0 Å². The molecule has 78 valence electrons. The van der Waals surface area contributed by atoms with Crippen LogP contribution in [-0.4, -0.2) is 9.37 Å². The number of benzene rings is 1. The minimum Gasteiger partial charge on any atom is -0.360 e. The van der Waals surface area contributed by atoms with E-state index < -0.39 is 16.6 Å². The van der Waals surface area contributed by atoms with Gasteiger partial charge in [-0.3, -0.25) is 4.21 Å². The lowest BCUT2D eigenvalue weighted by atomic mass is 10.4. The summed E-state index contributed by atoms with van der Waals surface area (Å²) in [6.07, 6.45) is 1.48. The molecule has 0 bridgehead atoms. The summed E-state index contributed by atoms with van der Waals surface area (Å²) in [7, 11) is -1.30. The molecule has 15 heavy (non-hydrogen) atoms. The first-order valence-corrected chi connectivity index (χ1v) is 5.61. The number of aromatic nitrogens is 1. The second-order valence-electron chi connectivity index (χ2n) is 2.93. The Kier molecular flexibility index (Phi) is 2.91. The fraction of sp³-hybridized carbons (Fsp3) is 0.100. The van der Waals surface area contributed by atoms with Crippen molar-refractivity contribution in [3.05, 3.63) is 48.1 Å². The predicted octanol–water partition coefficient (Wildman–Crippen LogP) is 2.12. The highest BCUT2D eigenvalue weighted by atomic mass is 32.2. The third-order valence-corrected chi connectivity index (χ3v) is 3.15. The molecule has 0 aliphatic carbocycles. The van der Waals surface area contributed by atoms with Crippen molar-refractivity contribution in [1.82, 2.24) is 5.16 Å². The Morgan fingerprint density at radius 1 is 1.40 bits per heavy atom. The lowest BCUT2D eigenvalue weighted by Gasteiger charge is -1.99. The SMILES string of the molecule is O=S(Cc1ccno1)c1cccc(F)c1. The van der Waals surface area contributed by atoms with Gasteiger partial charge in [0.2, 0.25) is 0 Å². The maximum atomic E-state index is 12.8. The number of hydrogen-bond donors (Lipinski definition) is 0. The maximum absolute atomic E-state index is 12.8. The Morgan fingerprint density at radius 3 is 2.93 bits per heavy atom. The average Bonchev–Trinajstić information content (AvgIpc) is 2.70. The number of rotatable bonds is 3. The van der Waals surface area contributed by atoms with Crippen molar-refractivity contribution in [3.8, 4) is 0 Å². The van der Waals surface area contributed by atoms with Crippen molar-refractivity contribution in [3.63, 3.8) is 0 Å². The second-order valence-corrected chi connectivity index (χ2v) is 4.38. The van der Waals surface area contributed by atoms with Crippen LogP contribution in [0.15, 0.2) is 45.9 Å². The predicted molar refractivity (Wildman–Crippen MR) is 53.0 cm³/mol. The fourth-order valence-electron chi connectivity index (χ4n) is 1.14. The van der Waals surface area contributed by atoms with E-state index in [9.17, 15) is 8.60 Å². The molecule has 0 N–H and O–H groups in total. The molecule has 1 atom stereocenters. The Morgan fingerprint density at radius 2 is 2.27 bits per heavy atom. The summed E-state index contributed by atoms with van der Waals surface area (Å²) in [5.74, 6) is 0.347. The molecule has 1 unspecified atom stereocenters. The molecular formula is C10H8FNO2S. The van der Waals surface area contributed by atoms with E-state index in [2.05, 4.69) is 5.16 Å². The van der Waals surface area contributed by atoms with E-state index in [-0.39, 0.29) is 5.75 Å². The number of hydrogen-bond acceptors (Lipinski definition) is 3. The molecule has 0 saturated carbocycles. The van der Waals surface area contributed by atoms with E-state index in [1.807, 2.05) is 0 Å². The quantitative estimate of drug-likeness (QED) is 0.803. The van der Waals surface area contributed by atoms with Gasteiger partial charge in [0, 0.05) is 11.0 Å². The van der Waals surface area contributed by atoms with Crippen LogP contribution in [0.5, 0.6) is 0 Å². The van der Waals surface area contributed by atoms with Crippen molar-refractivity contribution in [1.29, 1.82) is 0 Å². The molecule has 0 fully saturated rings. The number of nitrogens with zero attached hydrogens (tertiary/aromatic N) is 1. The minimum absolute atomic E-state index is 0.212. The van der Waals surface area contributed by atoms with Crippen LogP contribution in [0.4, 0.5) is 4.39 Å². The summed E-state index contributed by atoms with van der Waals surface area (Å²) in [5.41, 5.74) is 0. The first-order valence-electron chi connectivity index (χ1n) is 4.29. The summed E-state index contributed by atoms with van der Waals surface area (Å²) in [5, 5.41) is 3.50. The topological polar surface area (TPSA) is 43.1 Å². The van der Waals surface area contributed by atoms with Crippen LogP contribution in [0.3, 0.4) is 0 Å². The monoisotopic (exact) mass is 225 g/mol. The summed E-state index contributed by atoms with van der Waals surface area (Å²) >= 11 is 0. The highest BCUT2D eigenvalue weighted by molar-refractivity contribution is 7.84. The molecule has 0 spiro atoms. The second kappa shape index (κ2) is 4.35. The largest absolute Gasteiger partial charge is 0.360 e. The Hall–Kier alpha value is -1.49. The van der Waals surface area contributed by atoms with E-state index >= 15 is 0 Å². The summed E-state index contributed by atoms with van der Waals surface area (Å²) in [6, 6.07) is 7.36. The van der Waals surface area contributed by atoms with Crippen LogP contribution in [0, 0.1) is 5.82 Å². The summed E-state index contributed by atoms with van der Waals surface area (Å²) in [6.45, 7) is 0. The zero-order valence-corrected chi connectivity index (χ0v) is 8.54. The van der Waals surface area contributed by atoms with Crippen LogP contribution in [0.25, 0.3) is 0 Å². The van der Waals surface area contributed by atoms with Gasteiger partial charge in [-0.2, -0.15) is 0 Å². The lowest BCUT2D eigenvalue weighted by Crippen LogP contribution is -1.95. The molecule has 2 aromatic rings. The molecule has 0 aliphatic rings. The molecule has 3 nitrogen and oxygen atoms in total. The van der Waals surface area contributed by atoms with Crippen LogP contribution >= 0.6 is 0 Å². The fourth-order valence-corrected chi connectivity index (χ4v) is 2.19. The highest BCUT2D eigenvalue weighted by Gasteiger charge is 2.08. The van der Waals surface area contributed by atoms with Gasteiger partial charge in [0.15, 0.2) is 0 Å². The molecule has 0 amide bonds. The van der Waals surface area contributed by atoms with E-state index in [0.29, 0.717) is 10.7 Å². The molecule has 0 saturated heterocycles. The Bertz CT molecular complexity index is 470. The maximum Gasteiger partial charge on any atom is 0.149 e. The van der Waals surface area contributed by atoms with Gasteiger partial charge in [-0.15, -0.1) is 0 Å². The molecule has 1 heterocycles. The molecule has 2 rings (SSSR count). The first-order chi connectivity index (χ1) is 7.25. The van der Waals surface area contributed by atoms with Gasteiger partial charge >= 0.3 is 0 Å². The zero-order chi connectivity index (χ0) is 10.7. The van der Waals surface area contributed by atoms with Crippen LogP contribution in [0.1, 0.15) is 5.76 Å². The van der Waals surface area contributed by atoms with Crippen molar-refractivity contribution in [2.45, 2.75) is 10.6 Å². The van der Waals surface area contributed by atoms with Crippen LogP contribution in [-0.2, 0) is 16.6 Å². The Balaban J connectivity index is 2.15. The van der Waals surface area contributed by atoms with E-state index in [1.54, 1.807) is 12.1 Å². The molecule has 1 aromatic carbocycles. The van der Waals surface area contributed by atoms with Gasteiger partial charge in [0.25, 0.3) is 0 Å². The normalized spacial score (nSPS) is 12.6. The standard InChI is InChI=1S/C10H8FNO2S/c11-8-2-1-3-10(6-8)15(13)7-9-4-5-12-14-9/h1-6H,7H2. The van der Waals surface area contributed by atoms with E-state index in [4.69, 9.17) is 4.52 Å². The third kappa shape index (κ3) is 2.50. The van der Waals surface area contributed by atoms with Crippen molar-refractivity contribution < 1.29 is 13.1 Å². The molecular weight excluding hydrogens is 217 g/mol. The third-order valence-electron chi connectivity index (χ3n) is 1.82.